The average molecular weight is 267 g/mol. The molecule has 3 nitrogen and oxygen atoms in total. The molecule has 3 heteroatoms. The molecule has 0 heterocycles. The highest BCUT2D eigenvalue weighted by Gasteiger charge is 1.99. The van der Waals surface area contributed by atoms with Gasteiger partial charge in [0.25, 0.3) is 0 Å². The van der Waals surface area contributed by atoms with Crippen LogP contribution in [0, 0.1) is 0 Å². The second-order valence-electron chi connectivity index (χ2n) is 4.67. The van der Waals surface area contributed by atoms with Gasteiger partial charge in [-0.15, -0.1) is 6.58 Å². The Morgan fingerprint density at radius 1 is 1.32 bits per heavy atom. The van der Waals surface area contributed by atoms with Crippen LogP contribution in [0.4, 0.5) is 0 Å². The van der Waals surface area contributed by atoms with Gasteiger partial charge in [0.2, 0.25) is 0 Å². The zero-order chi connectivity index (χ0) is 14.3. The predicted molar refractivity (Wildman–Crippen MR) is 81.8 cm³/mol. The Bertz CT molecular complexity index is 261. The van der Waals surface area contributed by atoms with Crippen LogP contribution in [-0.2, 0) is 4.74 Å². The van der Waals surface area contributed by atoms with Crippen molar-refractivity contribution < 1.29 is 9.84 Å². The van der Waals surface area contributed by atoms with Crippen molar-refractivity contribution in [3.63, 3.8) is 0 Å². The Labute approximate surface area is 118 Å². The van der Waals surface area contributed by atoms with Crippen LogP contribution in [0.3, 0.4) is 0 Å². The summed E-state index contributed by atoms with van der Waals surface area (Å²) in [6, 6.07) is 0. The molecular weight excluding hydrogens is 238 g/mol. The van der Waals surface area contributed by atoms with Gasteiger partial charge in [-0.2, -0.15) is 0 Å². The highest BCUT2D eigenvalue weighted by Crippen LogP contribution is 2.04. The Morgan fingerprint density at radius 2 is 2.11 bits per heavy atom. The van der Waals surface area contributed by atoms with Gasteiger partial charge in [-0.3, -0.25) is 0 Å². The first kappa shape index (κ1) is 17.8. The van der Waals surface area contributed by atoms with Crippen LogP contribution in [-0.4, -0.2) is 23.9 Å². The highest BCUT2D eigenvalue weighted by molar-refractivity contribution is 4.84. The number of ether oxygens (including phenoxy) is 1. The monoisotopic (exact) mass is 267 g/mol. The summed E-state index contributed by atoms with van der Waals surface area (Å²) in [5.74, 6) is 0. The third kappa shape index (κ3) is 13.0. The Hall–Kier alpha value is -1.22. The molecule has 110 valence electrons. The maximum absolute atomic E-state index is 9.53. The Morgan fingerprint density at radius 3 is 2.79 bits per heavy atom. The van der Waals surface area contributed by atoms with Gasteiger partial charge in [-0.05, 0) is 38.5 Å². The Balaban J connectivity index is 3.54. The summed E-state index contributed by atoms with van der Waals surface area (Å²) in [7, 11) is 0. The van der Waals surface area contributed by atoms with E-state index in [0.717, 1.165) is 32.2 Å². The van der Waals surface area contributed by atoms with Crippen LogP contribution in [0.1, 0.15) is 46.0 Å². The molecule has 2 atom stereocenters. The van der Waals surface area contributed by atoms with Crippen LogP contribution in [0.5, 0.6) is 0 Å². The fourth-order valence-electron chi connectivity index (χ4n) is 1.52. The first-order valence-corrected chi connectivity index (χ1v) is 7.18. The van der Waals surface area contributed by atoms with Crippen molar-refractivity contribution in [3.05, 3.63) is 37.3 Å². The fraction of sp³-hybridized carbons (Fsp3) is 0.625. The first-order chi connectivity index (χ1) is 9.20. The van der Waals surface area contributed by atoms with Crippen LogP contribution in [0.25, 0.3) is 0 Å². The van der Waals surface area contributed by atoms with Gasteiger partial charge < -0.3 is 15.2 Å². The molecule has 0 fully saturated rings. The van der Waals surface area contributed by atoms with Gasteiger partial charge in [-0.1, -0.05) is 25.5 Å². The molecular formula is C16H29NO2. The second kappa shape index (κ2) is 13.2. The molecule has 0 aromatic rings. The van der Waals surface area contributed by atoms with Gasteiger partial charge in [-0.25, -0.2) is 0 Å². The number of aliphatic hydroxyl groups excluding tert-OH is 1. The minimum Gasteiger partial charge on any atom is -0.498 e. The maximum atomic E-state index is 9.53. The Kier molecular flexibility index (Phi) is 12.4. The van der Waals surface area contributed by atoms with E-state index in [1.807, 2.05) is 25.3 Å². The van der Waals surface area contributed by atoms with Crippen LogP contribution < -0.4 is 5.32 Å². The lowest BCUT2D eigenvalue weighted by atomic mass is 10.1. The maximum Gasteiger partial charge on any atom is 0.0985 e. The van der Waals surface area contributed by atoms with Crippen molar-refractivity contribution in [1.29, 1.82) is 0 Å². The summed E-state index contributed by atoms with van der Waals surface area (Å²) in [6.07, 6.45) is 13.8. The zero-order valence-electron chi connectivity index (χ0n) is 12.3. The number of nitrogens with one attached hydrogen (secondary N) is 1. The van der Waals surface area contributed by atoms with E-state index in [-0.39, 0.29) is 12.2 Å². The molecule has 0 amide bonds. The molecule has 0 rings (SSSR count). The molecule has 0 saturated heterocycles. The van der Waals surface area contributed by atoms with E-state index in [9.17, 15) is 5.11 Å². The number of hydrogen-bond acceptors (Lipinski definition) is 3. The smallest absolute Gasteiger partial charge is 0.0985 e. The second-order valence-corrected chi connectivity index (χ2v) is 4.67. The van der Waals surface area contributed by atoms with E-state index in [1.165, 1.54) is 0 Å². The highest BCUT2D eigenvalue weighted by atomic mass is 16.5. The number of rotatable bonds is 12. The number of aliphatic hydroxyl groups is 1. The summed E-state index contributed by atoms with van der Waals surface area (Å²) in [6.45, 7) is 8.68. The first-order valence-electron chi connectivity index (χ1n) is 7.18. The average Bonchev–Trinajstić information content (AvgIpc) is 2.39. The van der Waals surface area contributed by atoms with Gasteiger partial charge in [0.05, 0.1) is 18.5 Å². The van der Waals surface area contributed by atoms with Crippen LogP contribution >= 0.6 is 0 Å². The predicted octanol–water partition coefficient (Wildman–Crippen LogP) is 3.53. The van der Waals surface area contributed by atoms with Crippen molar-refractivity contribution in [1.82, 2.24) is 5.32 Å². The van der Waals surface area contributed by atoms with E-state index >= 15 is 0 Å². The van der Waals surface area contributed by atoms with E-state index < -0.39 is 0 Å². The van der Waals surface area contributed by atoms with Crippen molar-refractivity contribution in [2.24, 2.45) is 0 Å². The molecule has 0 saturated carbocycles. The molecule has 1 unspecified atom stereocenters. The lowest BCUT2D eigenvalue weighted by molar-refractivity contribution is 0.152. The van der Waals surface area contributed by atoms with Crippen LogP contribution in [0.2, 0.25) is 0 Å². The van der Waals surface area contributed by atoms with Crippen molar-refractivity contribution in [3.8, 4) is 0 Å². The van der Waals surface area contributed by atoms with Crippen molar-refractivity contribution in [2.45, 2.75) is 58.2 Å². The fourth-order valence-corrected chi connectivity index (χ4v) is 1.52. The van der Waals surface area contributed by atoms with Gasteiger partial charge in [0.1, 0.15) is 0 Å². The van der Waals surface area contributed by atoms with E-state index in [2.05, 4.69) is 24.9 Å². The van der Waals surface area contributed by atoms with E-state index in [0.29, 0.717) is 6.42 Å². The summed E-state index contributed by atoms with van der Waals surface area (Å²) in [5, 5.41) is 12.7. The topological polar surface area (TPSA) is 41.5 Å². The van der Waals surface area contributed by atoms with Gasteiger partial charge >= 0.3 is 0 Å². The van der Waals surface area contributed by atoms with Gasteiger partial charge in [0, 0.05) is 13.0 Å². The van der Waals surface area contributed by atoms with Crippen molar-refractivity contribution in [2.75, 3.05) is 6.54 Å². The lowest BCUT2D eigenvalue weighted by Gasteiger charge is -2.09. The van der Waals surface area contributed by atoms with Crippen LogP contribution in [0.15, 0.2) is 37.3 Å². The normalized spacial score (nSPS) is 14.7. The summed E-state index contributed by atoms with van der Waals surface area (Å²) < 4.78 is 5.51. The molecule has 19 heavy (non-hydrogen) atoms. The lowest BCUT2D eigenvalue weighted by Crippen LogP contribution is -2.07. The molecule has 0 aliphatic rings. The molecule has 0 aliphatic heterocycles. The molecule has 0 spiro atoms. The molecule has 0 radical (unpaired) electrons. The molecule has 0 aliphatic carbocycles. The summed E-state index contributed by atoms with van der Waals surface area (Å²) in [4.78, 5) is 0. The molecule has 0 bridgehead atoms. The summed E-state index contributed by atoms with van der Waals surface area (Å²) in [5.41, 5.74) is 0. The van der Waals surface area contributed by atoms with Crippen molar-refractivity contribution >= 4 is 0 Å². The van der Waals surface area contributed by atoms with E-state index in [1.54, 1.807) is 6.26 Å². The molecule has 2 N–H and O–H groups in total. The van der Waals surface area contributed by atoms with Gasteiger partial charge in [0.15, 0.2) is 0 Å². The third-order valence-corrected chi connectivity index (χ3v) is 2.63. The quantitative estimate of drug-likeness (QED) is 0.323. The summed E-state index contributed by atoms with van der Waals surface area (Å²) >= 11 is 0. The molecule has 0 aromatic carbocycles. The minimum absolute atomic E-state index is 0.150. The SMILES string of the molecule is C=CCCN/C=C/C[C@@H](C)O/C=C/CC(O)CCC. The number of hydrogen-bond donors (Lipinski definition) is 2. The standard InChI is InChI=1S/C16H29NO2/c1-4-6-12-17-13-7-10-15(3)19-14-8-11-16(18)9-5-2/h4,7-8,13-18H,1,5-6,9-12H2,2-3H3/b13-7+,14-8+/t15-,16?/m1/s1. The van der Waals surface area contributed by atoms with E-state index in [4.69, 9.17) is 4.74 Å². The largest absolute Gasteiger partial charge is 0.498 e. The zero-order valence-corrected chi connectivity index (χ0v) is 12.3. The molecule has 0 aromatic heterocycles. The third-order valence-electron chi connectivity index (χ3n) is 2.63. The minimum atomic E-state index is -0.242.